The number of nitrogens with zero attached hydrogens (tertiary/aromatic N) is 1. The first-order valence-corrected chi connectivity index (χ1v) is 8.76. The van der Waals surface area contributed by atoms with Crippen LogP contribution in [-0.2, 0) is 6.54 Å². The number of Topliss-reactive ketones (excluding diaryl/α,β-unsaturated/α-hetero) is 1. The lowest BCUT2D eigenvalue weighted by molar-refractivity contribution is 0.0924. The summed E-state index contributed by atoms with van der Waals surface area (Å²) in [4.78, 5) is 16.8. The Morgan fingerprint density at radius 3 is 2.79 bits per heavy atom. The first kappa shape index (κ1) is 13.5. The van der Waals surface area contributed by atoms with Gasteiger partial charge in [0.1, 0.15) is 0 Å². The molecule has 19 heavy (non-hydrogen) atoms. The standard InChI is InChI=1S/C14H14BrNOS2/c15-14-6-5-13(19-14)12(17)9-16(10-3-4-10)8-11-2-1-7-18-11/h1-2,5-7,10H,3-4,8-9H2. The summed E-state index contributed by atoms with van der Waals surface area (Å²) in [6.45, 7) is 1.44. The van der Waals surface area contributed by atoms with Crippen LogP contribution in [0, 0.1) is 0 Å². The van der Waals surface area contributed by atoms with Crippen molar-refractivity contribution >= 4 is 44.4 Å². The Bertz CT molecular complexity index is 560. The Labute approximate surface area is 129 Å². The van der Waals surface area contributed by atoms with Crippen LogP contribution in [0.15, 0.2) is 33.4 Å². The van der Waals surface area contributed by atoms with Gasteiger partial charge in [0.25, 0.3) is 0 Å². The second-order valence-corrected chi connectivity index (χ2v) is 8.24. The molecule has 0 bridgehead atoms. The molecule has 2 nitrogen and oxygen atoms in total. The topological polar surface area (TPSA) is 20.3 Å². The summed E-state index contributed by atoms with van der Waals surface area (Å²) in [6, 6.07) is 8.68. The van der Waals surface area contributed by atoms with Crippen molar-refractivity contribution in [3.63, 3.8) is 0 Å². The number of halogens is 1. The number of hydrogen-bond donors (Lipinski definition) is 0. The number of hydrogen-bond acceptors (Lipinski definition) is 4. The van der Waals surface area contributed by atoms with Crippen LogP contribution >= 0.6 is 38.6 Å². The molecule has 2 aromatic rings. The molecule has 0 unspecified atom stereocenters. The molecule has 0 atom stereocenters. The second kappa shape index (κ2) is 5.87. The van der Waals surface area contributed by atoms with Gasteiger partial charge in [0.05, 0.1) is 15.2 Å². The molecule has 0 aromatic carbocycles. The predicted octanol–water partition coefficient (Wildman–Crippen LogP) is 4.42. The predicted molar refractivity (Wildman–Crippen MR) is 84.1 cm³/mol. The average molecular weight is 356 g/mol. The van der Waals surface area contributed by atoms with E-state index in [2.05, 4.69) is 38.3 Å². The molecule has 1 saturated carbocycles. The molecule has 1 fully saturated rings. The van der Waals surface area contributed by atoms with Crippen LogP contribution in [0.4, 0.5) is 0 Å². The number of carbonyl (C=O) groups is 1. The molecule has 3 rings (SSSR count). The van der Waals surface area contributed by atoms with Gasteiger partial charge in [0.15, 0.2) is 5.78 Å². The minimum atomic E-state index is 0.235. The van der Waals surface area contributed by atoms with Crippen molar-refractivity contribution in [1.82, 2.24) is 4.90 Å². The maximum atomic E-state index is 12.3. The van der Waals surface area contributed by atoms with Crippen molar-refractivity contribution in [3.8, 4) is 0 Å². The molecular weight excluding hydrogens is 342 g/mol. The van der Waals surface area contributed by atoms with Gasteiger partial charge in [0, 0.05) is 17.5 Å². The molecule has 2 heterocycles. The summed E-state index contributed by atoms with van der Waals surface area (Å²) in [7, 11) is 0. The minimum Gasteiger partial charge on any atom is -0.292 e. The van der Waals surface area contributed by atoms with Gasteiger partial charge in [-0.05, 0) is 52.4 Å². The maximum Gasteiger partial charge on any atom is 0.186 e. The summed E-state index contributed by atoms with van der Waals surface area (Å²) in [5.74, 6) is 0.235. The highest BCUT2D eigenvalue weighted by Gasteiger charge is 2.30. The van der Waals surface area contributed by atoms with Crippen molar-refractivity contribution in [2.45, 2.75) is 25.4 Å². The van der Waals surface area contributed by atoms with Gasteiger partial charge < -0.3 is 0 Å². The summed E-state index contributed by atoms with van der Waals surface area (Å²) < 4.78 is 1.02. The van der Waals surface area contributed by atoms with Crippen molar-refractivity contribution < 1.29 is 4.79 Å². The van der Waals surface area contributed by atoms with Gasteiger partial charge in [-0.3, -0.25) is 9.69 Å². The third kappa shape index (κ3) is 3.54. The van der Waals surface area contributed by atoms with Crippen molar-refractivity contribution in [2.24, 2.45) is 0 Å². The third-order valence-electron chi connectivity index (χ3n) is 3.20. The van der Waals surface area contributed by atoms with E-state index >= 15 is 0 Å². The number of thiophene rings is 2. The minimum absolute atomic E-state index is 0.235. The largest absolute Gasteiger partial charge is 0.292 e. The first-order chi connectivity index (χ1) is 9.22. The van der Waals surface area contributed by atoms with Crippen molar-refractivity contribution in [3.05, 3.63) is 43.2 Å². The monoisotopic (exact) mass is 355 g/mol. The Kier molecular flexibility index (Phi) is 4.17. The van der Waals surface area contributed by atoms with Crippen molar-refractivity contribution in [2.75, 3.05) is 6.54 Å². The van der Waals surface area contributed by atoms with E-state index in [4.69, 9.17) is 0 Å². The molecule has 0 aliphatic heterocycles. The molecule has 1 aliphatic rings. The third-order valence-corrected chi connectivity index (χ3v) is 5.72. The van der Waals surface area contributed by atoms with Gasteiger partial charge in [0.2, 0.25) is 0 Å². The SMILES string of the molecule is O=C(CN(Cc1cccs1)C1CC1)c1ccc(Br)s1. The summed E-state index contributed by atoms with van der Waals surface area (Å²) in [6.07, 6.45) is 2.46. The fourth-order valence-electron chi connectivity index (χ4n) is 2.08. The number of ketones is 1. The second-order valence-electron chi connectivity index (χ2n) is 4.74. The Morgan fingerprint density at radius 2 is 2.21 bits per heavy atom. The molecule has 0 saturated heterocycles. The van der Waals surface area contributed by atoms with E-state index in [-0.39, 0.29) is 5.78 Å². The van der Waals surface area contributed by atoms with Crippen LogP contribution in [0.5, 0.6) is 0 Å². The molecule has 5 heteroatoms. The fraction of sp³-hybridized carbons (Fsp3) is 0.357. The van der Waals surface area contributed by atoms with Gasteiger partial charge in [-0.25, -0.2) is 0 Å². The van der Waals surface area contributed by atoms with E-state index in [1.54, 1.807) is 11.3 Å². The molecule has 100 valence electrons. The normalized spacial score (nSPS) is 15.1. The molecule has 2 aromatic heterocycles. The summed E-state index contributed by atoms with van der Waals surface area (Å²) in [5.41, 5.74) is 0. The van der Waals surface area contributed by atoms with E-state index < -0.39 is 0 Å². The van der Waals surface area contributed by atoms with Crippen LogP contribution in [0.1, 0.15) is 27.4 Å². The van der Waals surface area contributed by atoms with Crippen LogP contribution in [0.25, 0.3) is 0 Å². The smallest absolute Gasteiger partial charge is 0.186 e. The molecular formula is C14H14BrNOS2. The van der Waals surface area contributed by atoms with Gasteiger partial charge in [-0.2, -0.15) is 0 Å². The Balaban J connectivity index is 1.66. The van der Waals surface area contributed by atoms with Crippen LogP contribution in [0.3, 0.4) is 0 Å². The van der Waals surface area contributed by atoms with Crippen LogP contribution in [0.2, 0.25) is 0 Å². The Morgan fingerprint density at radius 1 is 1.37 bits per heavy atom. The van der Waals surface area contributed by atoms with E-state index in [0.717, 1.165) is 15.2 Å². The average Bonchev–Trinajstić information content (AvgIpc) is 2.94. The van der Waals surface area contributed by atoms with E-state index in [9.17, 15) is 4.79 Å². The highest BCUT2D eigenvalue weighted by molar-refractivity contribution is 9.11. The summed E-state index contributed by atoms with van der Waals surface area (Å²) in [5, 5.41) is 2.10. The first-order valence-electron chi connectivity index (χ1n) is 6.27. The number of carbonyl (C=O) groups excluding carboxylic acids is 1. The maximum absolute atomic E-state index is 12.3. The molecule has 0 amide bonds. The molecule has 0 N–H and O–H groups in total. The highest BCUT2D eigenvalue weighted by atomic mass is 79.9. The number of rotatable bonds is 6. The molecule has 0 spiro atoms. The zero-order valence-corrected chi connectivity index (χ0v) is 13.6. The van der Waals surface area contributed by atoms with Gasteiger partial charge >= 0.3 is 0 Å². The van der Waals surface area contributed by atoms with Crippen LogP contribution < -0.4 is 0 Å². The van der Waals surface area contributed by atoms with Gasteiger partial charge in [-0.15, -0.1) is 22.7 Å². The van der Waals surface area contributed by atoms with Gasteiger partial charge in [-0.1, -0.05) is 6.07 Å². The quantitative estimate of drug-likeness (QED) is 0.714. The zero-order chi connectivity index (χ0) is 13.2. The molecule has 1 aliphatic carbocycles. The highest BCUT2D eigenvalue weighted by Crippen LogP contribution is 2.30. The van der Waals surface area contributed by atoms with E-state index in [0.29, 0.717) is 12.6 Å². The zero-order valence-electron chi connectivity index (χ0n) is 10.3. The van der Waals surface area contributed by atoms with Crippen molar-refractivity contribution in [1.29, 1.82) is 0 Å². The Hall–Kier alpha value is -0.490. The fourth-order valence-corrected chi connectivity index (χ4v) is 4.13. The lowest BCUT2D eigenvalue weighted by atomic mass is 10.3. The van der Waals surface area contributed by atoms with E-state index in [1.807, 2.05) is 12.1 Å². The van der Waals surface area contributed by atoms with Crippen LogP contribution in [-0.4, -0.2) is 23.3 Å². The van der Waals surface area contributed by atoms with E-state index in [1.165, 1.54) is 29.1 Å². The molecule has 0 radical (unpaired) electrons. The lowest BCUT2D eigenvalue weighted by Crippen LogP contribution is -2.30. The lowest BCUT2D eigenvalue weighted by Gasteiger charge is -2.19. The summed E-state index contributed by atoms with van der Waals surface area (Å²) >= 11 is 6.70.